The molecule has 4 N–H and O–H groups in total. The fraction of sp³-hybridized carbons (Fsp3) is 0.455. The minimum absolute atomic E-state index is 0.00291. The van der Waals surface area contributed by atoms with E-state index in [0.29, 0.717) is 12.2 Å². The van der Waals surface area contributed by atoms with E-state index in [0.717, 1.165) is 5.69 Å². The summed E-state index contributed by atoms with van der Waals surface area (Å²) in [5.74, 6) is -0.00291. The zero-order valence-corrected chi connectivity index (χ0v) is 9.87. The molecule has 5 heteroatoms. The third-order valence-electron chi connectivity index (χ3n) is 2.34. The van der Waals surface area contributed by atoms with Crippen LogP contribution in [0.25, 0.3) is 0 Å². The van der Waals surface area contributed by atoms with Crippen LogP contribution in [0.3, 0.4) is 0 Å². The predicted molar refractivity (Wildman–Crippen MR) is 65.0 cm³/mol. The number of amides is 1. The second-order valence-electron chi connectivity index (χ2n) is 4.32. The van der Waals surface area contributed by atoms with Gasteiger partial charge in [-0.05, 0) is 19.9 Å². The third-order valence-corrected chi connectivity index (χ3v) is 2.34. The number of nitrogen functional groups attached to an aromatic ring is 1. The molecule has 0 unspecified atom stereocenters. The van der Waals surface area contributed by atoms with Gasteiger partial charge in [0.05, 0.1) is 23.0 Å². The zero-order valence-electron chi connectivity index (χ0n) is 9.87. The van der Waals surface area contributed by atoms with Gasteiger partial charge in [0.2, 0.25) is 5.91 Å². The first kappa shape index (κ1) is 12.3. The Morgan fingerprint density at radius 2 is 2.19 bits per heavy atom. The minimum Gasteiger partial charge on any atom is -0.397 e. The van der Waals surface area contributed by atoms with Crippen LogP contribution in [-0.4, -0.2) is 24.5 Å². The molecule has 1 rings (SSSR count). The van der Waals surface area contributed by atoms with Crippen molar-refractivity contribution >= 4 is 17.3 Å². The summed E-state index contributed by atoms with van der Waals surface area (Å²) >= 11 is 0. The Morgan fingerprint density at radius 1 is 1.50 bits per heavy atom. The molecule has 0 spiro atoms. The second-order valence-corrected chi connectivity index (χ2v) is 4.32. The Balaban J connectivity index is 2.61. The molecular formula is C11H18N4O. The van der Waals surface area contributed by atoms with E-state index in [1.54, 1.807) is 25.5 Å². The molecule has 1 aromatic heterocycles. The molecule has 0 fully saturated rings. The van der Waals surface area contributed by atoms with Crippen molar-refractivity contribution in [3.63, 3.8) is 0 Å². The number of carbonyl (C=O) groups is 1. The number of hydrogen-bond acceptors (Lipinski definition) is 4. The highest BCUT2D eigenvalue weighted by atomic mass is 16.2. The van der Waals surface area contributed by atoms with Crippen molar-refractivity contribution < 1.29 is 4.79 Å². The Hall–Kier alpha value is -1.78. The van der Waals surface area contributed by atoms with Crippen molar-refractivity contribution in [2.45, 2.75) is 13.8 Å². The molecule has 88 valence electrons. The van der Waals surface area contributed by atoms with Gasteiger partial charge in [-0.3, -0.25) is 9.78 Å². The number of nitrogens with one attached hydrogen (secondary N) is 2. The number of rotatable bonds is 4. The normalized spacial score (nSPS) is 10.9. The number of pyridine rings is 1. The molecule has 1 heterocycles. The topological polar surface area (TPSA) is 80.0 Å². The third kappa shape index (κ3) is 3.12. The average molecular weight is 222 g/mol. The van der Waals surface area contributed by atoms with Crippen LogP contribution in [0.5, 0.6) is 0 Å². The van der Waals surface area contributed by atoms with Crippen molar-refractivity contribution in [1.29, 1.82) is 0 Å². The lowest BCUT2D eigenvalue weighted by Gasteiger charge is -2.23. The molecular weight excluding hydrogens is 204 g/mol. The maximum absolute atomic E-state index is 11.5. The molecule has 16 heavy (non-hydrogen) atoms. The van der Waals surface area contributed by atoms with Gasteiger partial charge < -0.3 is 16.4 Å². The number of anilines is 2. The first-order valence-electron chi connectivity index (χ1n) is 5.12. The van der Waals surface area contributed by atoms with Crippen LogP contribution in [0.4, 0.5) is 11.4 Å². The SMILES string of the molecule is CNC(=O)C(C)(C)CNc1cncc(N)c1. The Morgan fingerprint density at radius 3 is 2.75 bits per heavy atom. The zero-order chi connectivity index (χ0) is 12.2. The van der Waals surface area contributed by atoms with Gasteiger partial charge >= 0.3 is 0 Å². The van der Waals surface area contributed by atoms with Gasteiger partial charge in [0.1, 0.15) is 0 Å². The summed E-state index contributed by atoms with van der Waals surface area (Å²) < 4.78 is 0. The van der Waals surface area contributed by atoms with E-state index in [4.69, 9.17) is 5.73 Å². The highest BCUT2D eigenvalue weighted by Gasteiger charge is 2.26. The monoisotopic (exact) mass is 222 g/mol. The van der Waals surface area contributed by atoms with Crippen molar-refractivity contribution in [2.75, 3.05) is 24.6 Å². The highest BCUT2D eigenvalue weighted by Crippen LogP contribution is 2.17. The van der Waals surface area contributed by atoms with Crippen LogP contribution in [-0.2, 0) is 4.79 Å². The van der Waals surface area contributed by atoms with E-state index >= 15 is 0 Å². The van der Waals surface area contributed by atoms with Gasteiger partial charge in [-0.15, -0.1) is 0 Å². The number of carbonyl (C=O) groups excluding carboxylic acids is 1. The Bertz CT molecular complexity index is 376. The average Bonchev–Trinajstić information content (AvgIpc) is 2.25. The van der Waals surface area contributed by atoms with Crippen LogP contribution in [0.2, 0.25) is 0 Å². The van der Waals surface area contributed by atoms with Gasteiger partial charge in [0, 0.05) is 19.8 Å². The van der Waals surface area contributed by atoms with E-state index in [1.807, 2.05) is 13.8 Å². The molecule has 1 amide bonds. The quantitative estimate of drug-likeness (QED) is 0.705. The number of nitrogens with zero attached hydrogens (tertiary/aromatic N) is 1. The molecule has 0 aliphatic carbocycles. The molecule has 0 aliphatic heterocycles. The van der Waals surface area contributed by atoms with Crippen molar-refractivity contribution in [1.82, 2.24) is 10.3 Å². The summed E-state index contributed by atoms with van der Waals surface area (Å²) in [6.07, 6.45) is 3.26. The van der Waals surface area contributed by atoms with Crippen LogP contribution < -0.4 is 16.4 Å². The molecule has 0 bridgehead atoms. The molecule has 0 atom stereocenters. The van der Waals surface area contributed by atoms with Crippen molar-refractivity contribution in [2.24, 2.45) is 5.41 Å². The molecule has 0 aromatic carbocycles. The fourth-order valence-electron chi connectivity index (χ4n) is 1.30. The summed E-state index contributed by atoms with van der Waals surface area (Å²) in [4.78, 5) is 15.5. The molecule has 5 nitrogen and oxygen atoms in total. The van der Waals surface area contributed by atoms with Gasteiger partial charge in [-0.1, -0.05) is 0 Å². The van der Waals surface area contributed by atoms with Crippen molar-refractivity contribution in [3.8, 4) is 0 Å². The van der Waals surface area contributed by atoms with E-state index < -0.39 is 5.41 Å². The van der Waals surface area contributed by atoms with E-state index in [9.17, 15) is 4.79 Å². The highest BCUT2D eigenvalue weighted by molar-refractivity contribution is 5.82. The van der Waals surface area contributed by atoms with E-state index in [-0.39, 0.29) is 5.91 Å². The summed E-state index contributed by atoms with van der Waals surface area (Å²) in [6, 6.07) is 1.78. The molecule has 0 radical (unpaired) electrons. The number of aromatic nitrogens is 1. The predicted octanol–water partition coefficient (Wildman–Crippen LogP) is 0.848. The van der Waals surface area contributed by atoms with Gasteiger partial charge in [0.25, 0.3) is 0 Å². The Labute approximate surface area is 95.4 Å². The maximum atomic E-state index is 11.5. The number of nitrogens with two attached hydrogens (primary N) is 1. The minimum atomic E-state index is -0.473. The van der Waals surface area contributed by atoms with E-state index in [2.05, 4.69) is 15.6 Å². The van der Waals surface area contributed by atoms with Crippen LogP contribution in [0.1, 0.15) is 13.8 Å². The van der Waals surface area contributed by atoms with Gasteiger partial charge in [0.15, 0.2) is 0 Å². The molecule has 0 aliphatic rings. The lowest BCUT2D eigenvalue weighted by Crippen LogP contribution is -2.39. The lowest BCUT2D eigenvalue weighted by molar-refractivity contribution is -0.128. The molecule has 1 aromatic rings. The van der Waals surface area contributed by atoms with Crippen LogP contribution in [0, 0.1) is 5.41 Å². The summed E-state index contributed by atoms with van der Waals surface area (Å²) in [5, 5.41) is 5.77. The standard InChI is InChI=1S/C11H18N4O/c1-11(2,10(16)13-3)7-15-9-4-8(12)5-14-6-9/h4-6,15H,7,12H2,1-3H3,(H,13,16). The summed E-state index contributed by atoms with van der Waals surface area (Å²) in [6.45, 7) is 4.27. The summed E-state index contributed by atoms with van der Waals surface area (Å²) in [5.41, 5.74) is 6.55. The molecule has 0 saturated carbocycles. The van der Waals surface area contributed by atoms with Crippen LogP contribution >= 0.6 is 0 Å². The molecule has 0 saturated heterocycles. The van der Waals surface area contributed by atoms with Crippen LogP contribution in [0.15, 0.2) is 18.5 Å². The second kappa shape index (κ2) is 4.83. The smallest absolute Gasteiger partial charge is 0.227 e. The van der Waals surface area contributed by atoms with Crippen molar-refractivity contribution in [3.05, 3.63) is 18.5 Å². The van der Waals surface area contributed by atoms with E-state index in [1.165, 1.54) is 0 Å². The van der Waals surface area contributed by atoms with Gasteiger partial charge in [-0.25, -0.2) is 0 Å². The fourth-order valence-corrected chi connectivity index (χ4v) is 1.30. The first-order chi connectivity index (χ1) is 7.45. The first-order valence-corrected chi connectivity index (χ1v) is 5.12. The Kier molecular flexibility index (Phi) is 3.71. The maximum Gasteiger partial charge on any atom is 0.227 e. The number of hydrogen-bond donors (Lipinski definition) is 3. The lowest BCUT2D eigenvalue weighted by atomic mass is 9.92. The summed E-state index contributed by atoms with van der Waals surface area (Å²) in [7, 11) is 1.63. The largest absolute Gasteiger partial charge is 0.397 e. The van der Waals surface area contributed by atoms with Gasteiger partial charge in [-0.2, -0.15) is 0 Å².